The third-order valence-corrected chi connectivity index (χ3v) is 5.02. The molecule has 0 bridgehead atoms. The monoisotopic (exact) mass is 403 g/mol. The average molecular weight is 403 g/mol. The molecule has 30 heavy (non-hydrogen) atoms. The van der Waals surface area contributed by atoms with Crippen LogP contribution in [0.3, 0.4) is 0 Å². The number of benzene rings is 2. The smallest absolute Gasteiger partial charge is 0.323 e. The molecule has 2 heterocycles. The van der Waals surface area contributed by atoms with Crippen LogP contribution < -0.4 is 16.6 Å². The van der Waals surface area contributed by atoms with E-state index in [1.165, 1.54) is 4.57 Å². The van der Waals surface area contributed by atoms with Gasteiger partial charge in [-0.05, 0) is 38.1 Å². The molecular formula is C22H21N5O3. The SMILES string of the molecule is Cc1nn(-c2ccccc2)c(C)c1NC(=O)CCn1c(=O)[nH]c(=O)c2ccccc21. The van der Waals surface area contributed by atoms with Crippen molar-refractivity contribution in [3.05, 3.63) is 86.8 Å². The van der Waals surface area contributed by atoms with Gasteiger partial charge in [-0.15, -0.1) is 0 Å². The third kappa shape index (κ3) is 3.55. The quantitative estimate of drug-likeness (QED) is 0.535. The van der Waals surface area contributed by atoms with Crippen molar-refractivity contribution in [1.29, 1.82) is 0 Å². The normalized spacial score (nSPS) is 11.0. The van der Waals surface area contributed by atoms with Gasteiger partial charge in [0.2, 0.25) is 5.91 Å². The Kier molecular flexibility index (Phi) is 5.05. The highest BCUT2D eigenvalue weighted by Gasteiger charge is 2.16. The van der Waals surface area contributed by atoms with Gasteiger partial charge in [0, 0.05) is 13.0 Å². The number of aromatic nitrogens is 4. The fourth-order valence-corrected chi connectivity index (χ4v) is 3.52. The van der Waals surface area contributed by atoms with E-state index < -0.39 is 11.2 Å². The lowest BCUT2D eigenvalue weighted by Gasteiger charge is -2.10. The summed E-state index contributed by atoms with van der Waals surface area (Å²) < 4.78 is 3.19. The van der Waals surface area contributed by atoms with Crippen molar-refractivity contribution in [3.63, 3.8) is 0 Å². The Balaban J connectivity index is 1.55. The van der Waals surface area contributed by atoms with Crippen LogP contribution in [0.25, 0.3) is 16.6 Å². The molecule has 8 nitrogen and oxygen atoms in total. The summed E-state index contributed by atoms with van der Waals surface area (Å²) >= 11 is 0. The minimum absolute atomic E-state index is 0.0747. The van der Waals surface area contributed by atoms with E-state index in [9.17, 15) is 14.4 Å². The molecule has 0 aliphatic carbocycles. The predicted molar refractivity (Wildman–Crippen MR) is 115 cm³/mol. The molecule has 4 aromatic rings. The molecule has 0 aliphatic rings. The standard InChI is InChI=1S/C22H21N5O3/c1-14-20(15(2)27(25-14)16-8-4-3-5-9-16)23-19(28)12-13-26-18-11-7-6-10-17(18)21(29)24-22(26)30/h3-11H,12-13H2,1-2H3,(H,23,28)(H,24,29,30). The topological polar surface area (TPSA) is 102 Å². The Morgan fingerprint density at radius 1 is 1.03 bits per heavy atom. The molecule has 0 unspecified atom stereocenters. The highest BCUT2D eigenvalue weighted by atomic mass is 16.2. The lowest BCUT2D eigenvalue weighted by atomic mass is 10.2. The summed E-state index contributed by atoms with van der Waals surface area (Å²) in [6, 6.07) is 16.5. The number of carbonyl (C=O) groups excluding carboxylic acids is 1. The zero-order valence-corrected chi connectivity index (χ0v) is 16.7. The first-order valence-electron chi connectivity index (χ1n) is 9.59. The fourth-order valence-electron chi connectivity index (χ4n) is 3.52. The number of anilines is 1. The van der Waals surface area contributed by atoms with Crippen LogP contribution in [0.5, 0.6) is 0 Å². The molecule has 0 aliphatic heterocycles. The highest BCUT2D eigenvalue weighted by Crippen LogP contribution is 2.23. The van der Waals surface area contributed by atoms with Crippen LogP contribution in [0.1, 0.15) is 17.8 Å². The first-order chi connectivity index (χ1) is 14.5. The van der Waals surface area contributed by atoms with Gasteiger partial charge in [0.1, 0.15) is 0 Å². The van der Waals surface area contributed by atoms with Crippen molar-refractivity contribution in [2.24, 2.45) is 0 Å². The summed E-state index contributed by atoms with van der Waals surface area (Å²) in [4.78, 5) is 39.1. The minimum atomic E-state index is -0.532. The molecule has 8 heteroatoms. The maximum absolute atomic E-state index is 12.6. The summed E-state index contributed by atoms with van der Waals surface area (Å²) in [7, 11) is 0. The number of carbonyl (C=O) groups is 1. The fraction of sp³-hybridized carbons (Fsp3) is 0.182. The van der Waals surface area contributed by atoms with Gasteiger partial charge in [-0.25, -0.2) is 9.48 Å². The Morgan fingerprint density at radius 2 is 1.73 bits per heavy atom. The van der Waals surface area contributed by atoms with E-state index in [1.807, 2.05) is 44.2 Å². The molecule has 2 aromatic heterocycles. The molecular weight excluding hydrogens is 382 g/mol. The number of aryl methyl sites for hydroxylation is 2. The molecule has 1 amide bonds. The van der Waals surface area contributed by atoms with Crippen LogP contribution in [0.4, 0.5) is 5.69 Å². The number of para-hydroxylation sites is 2. The number of nitrogens with one attached hydrogen (secondary N) is 2. The van der Waals surface area contributed by atoms with Gasteiger partial charge in [-0.1, -0.05) is 30.3 Å². The molecule has 0 saturated carbocycles. The van der Waals surface area contributed by atoms with Gasteiger partial charge in [-0.3, -0.25) is 19.1 Å². The molecule has 4 rings (SSSR count). The average Bonchev–Trinajstić information content (AvgIpc) is 3.02. The minimum Gasteiger partial charge on any atom is -0.323 e. The van der Waals surface area contributed by atoms with Crippen molar-refractivity contribution >= 4 is 22.5 Å². The number of amides is 1. The maximum atomic E-state index is 12.6. The van der Waals surface area contributed by atoms with Gasteiger partial charge in [0.05, 0.1) is 33.7 Å². The lowest BCUT2D eigenvalue weighted by Crippen LogP contribution is -2.31. The van der Waals surface area contributed by atoms with Crippen molar-refractivity contribution in [2.75, 3.05) is 5.32 Å². The molecule has 0 atom stereocenters. The zero-order valence-electron chi connectivity index (χ0n) is 16.7. The van der Waals surface area contributed by atoms with Crippen molar-refractivity contribution < 1.29 is 4.79 Å². The molecule has 0 fully saturated rings. The summed E-state index contributed by atoms with van der Waals surface area (Å²) in [6.07, 6.45) is 0.0747. The Bertz CT molecular complexity index is 1350. The first kappa shape index (κ1) is 19.4. The lowest BCUT2D eigenvalue weighted by molar-refractivity contribution is -0.116. The van der Waals surface area contributed by atoms with E-state index >= 15 is 0 Å². The summed E-state index contributed by atoms with van der Waals surface area (Å²) in [5.41, 5.74) is 2.62. The second kappa shape index (κ2) is 7.82. The second-order valence-electron chi connectivity index (χ2n) is 7.02. The van der Waals surface area contributed by atoms with E-state index in [4.69, 9.17) is 0 Å². The molecule has 152 valence electrons. The van der Waals surface area contributed by atoms with E-state index in [-0.39, 0.29) is 18.9 Å². The number of aromatic amines is 1. The maximum Gasteiger partial charge on any atom is 0.328 e. The zero-order chi connectivity index (χ0) is 21.3. The van der Waals surface area contributed by atoms with Crippen LogP contribution >= 0.6 is 0 Å². The Morgan fingerprint density at radius 3 is 2.50 bits per heavy atom. The predicted octanol–water partition coefficient (Wildman–Crippen LogP) is 2.52. The van der Waals surface area contributed by atoms with Crippen LogP contribution in [0.2, 0.25) is 0 Å². The second-order valence-corrected chi connectivity index (χ2v) is 7.02. The molecule has 2 aromatic carbocycles. The molecule has 2 N–H and O–H groups in total. The highest BCUT2D eigenvalue weighted by molar-refractivity contribution is 5.92. The summed E-state index contributed by atoms with van der Waals surface area (Å²) in [5.74, 6) is -0.240. The van der Waals surface area contributed by atoms with Crippen LogP contribution in [0.15, 0.2) is 64.2 Å². The molecule has 0 radical (unpaired) electrons. The van der Waals surface area contributed by atoms with Crippen LogP contribution in [-0.2, 0) is 11.3 Å². The molecule has 0 spiro atoms. The number of hydrogen-bond acceptors (Lipinski definition) is 4. The molecule has 0 saturated heterocycles. The van der Waals surface area contributed by atoms with Gasteiger partial charge < -0.3 is 5.32 Å². The van der Waals surface area contributed by atoms with Gasteiger partial charge in [0.25, 0.3) is 5.56 Å². The van der Waals surface area contributed by atoms with E-state index in [2.05, 4.69) is 15.4 Å². The van der Waals surface area contributed by atoms with Gasteiger partial charge in [-0.2, -0.15) is 5.10 Å². The number of rotatable bonds is 5. The number of fused-ring (bicyclic) bond motifs is 1. The van der Waals surface area contributed by atoms with Crippen molar-refractivity contribution in [3.8, 4) is 5.69 Å². The van der Waals surface area contributed by atoms with Gasteiger partial charge >= 0.3 is 5.69 Å². The number of H-pyrrole nitrogens is 1. The first-order valence-corrected chi connectivity index (χ1v) is 9.59. The van der Waals surface area contributed by atoms with Crippen molar-refractivity contribution in [2.45, 2.75) is 26.8 Å². The van der Waals surface area contributed by atoms with Crippen LogP contribution in [-0.4, -0.2) is 25.2 Å². The van der Waals surface area contributed by atoms with E-state index in [0.717, 1.165) is 11.4 Å². The summed E-state index contributed by atoms with van der Waals surface area (Å²) in [5, 5.41) is 7.84. The summed E-state index contributed by atoms with van der Waals surface area (Å²) in [6.45, 7) is 3.87. The largest absolute Gasteiger partial charge is 0.328 e. The van der Waals surface area contributed by atoms with Crippen molar-refractivity contribution in [1.82, 2.24) is 19.3 Å². The third-order valence-electron chi connectivity index (χ3n) is 5.02. The van der Waals surface area contributed by atoms with Crippen LogP contribution in [0, 0.1) is 13.8 Å². The Labute approximate surface area is 171 Å². The van der Waals surface area contributed by atoms with Gasteiger partial charge in [0.15, 0.2) is 0 Å². The number of nitrogens with zero attached hydrogens (tertiary/aromatic N) is 3. The van der Waals surface area contributed by atoms with E-state index in [0.29, 0.717) is 22.3 Å². The van der Waals surface area contributed by atoms with E-state index in [1.54, 1.807) is 28.9 Å². The number of hydrogen-bond donors (Lipinski definition) is 2. The Hall–Kier alpha value is -3.94.